The van der Waals surface area contributed by atoms with Gasteiger partial charge < -0.3 is 16.0 Å². The number of aliphatic imine (C=N–C) groups is 1. The lowest BCUT2D eigenvalue weighted by molar-refractivity contribution is -0.121. The molecule has 5 nitrogen and oxygen atoms in total. The average molecular weight is 454 g/mol. The fourth-order valence-corrected chi connectivity index (χ4v) is 4.17. The molecule has 0 bridgehead atoms. The smallest absolute Gasteiger partial charge is 0.221 e. The Labute approximate surface area is 161 Å². The molecule has 0 aromatic rings. The van der Waals surface area contributed by atoms with E-state index in [4.69, 9.17) is 0 Å². The van der Waals surface area contributed by atoms with Gasteiger partial charge in [0.2, 0.25) is 5.91 Å². The Morgan fingerprint density at radius 3 is 2.61 bits per heavy atom. The first-order valence-corrected chi connectivity index (χ1v) is 9.76. The van der Waals surface area contributed by atoms with E-state index in [2.05, 4.69) is 27.9 Å². The van der Waals surface area contributed by atoms with E-state index in [-0.39, 0.29) is 29.9 Å². The summed E-state index contributed by atoms with van der Waals surface area (Å²) in [7, 11) is 0. The third-order valence-electron chi connectivity index (χ3n) is 4.19. The van der Waals surface area contributed by atoms with Gasteiger partial charge in [0, 0.05) is 30.8 Å². The van der Waals surface area contributed by atoms with Gasteiger partial charge in [-0.05, 0) is 38.4 Å². The molecule has 134 valence electrons. The molecule has 23 heavy (non-hydrogen) atoms. The van der Waals surface area contributed by atoms with Gasteiger partial charge in [0.05, 0.1) is 6.54 Å². The maximum absolute atomic E-state index is 11.9. The van der Waals surface area contributed by atoms with Crippen LogP contribution in [0.2, 0.25) is 0 Å². The number of amides is 1. The van der Waals surface area contributed by atoms with Crippen LogP contribution in [0.3, 0.4) is 0 Å². The second-order valence-electron chi connectivity index (χ2n) is 6.08. The lowest BCUT2D eigenvalue weighted by atomic mass is 10.2. The van der Waals surface area contributed by atoms with Gasteiger partial charge in [0.1, 0.15) is 0 Å². The molecule has 1 aliphatic heterocycles. The molecule has 1 saturated carbocycles. The zero-order valence-corrected chi connectivity index (χ0v) is 17.3. The van der Waals surface area contributed by atoms with Crippen LogP contribution in [0.5, 0.6) is 0 Å². The highest BCUT2D eigenvalue weighted by Gasteiger charge is 2.17. The first-order valence-electron chi connectivity index (χ1n) is 8.71. The number of carbonyl (C=O) groups excluding carboxylic acids is 1. The molecule has 1 unspecified atom stereocenters. The van der Waals surface area contributed by atoms with E-state index in [1.165, 1.54) is 31.4 Å². The molecule has 7 heteroatoms. The van der Waals surface area contributed by atoms with Crippen LogP contribution in [-0.4, -0.2) is 48.5 Å². The number of nitrogens with zero attached hydrogens (tertiary/aromatic N) is 1. The average Bonchev–Trinajstić information content (AvgIpc) is 3.18. The van der Waals surface area contributed by atoms with Crippen molar-refractivity contribution in [2.75, 3.05) is 25.4 Å². The summed E-state index contributed by atoms with van der Waals surface area (Å²) in [5.41, 5.74) is 0. The van der Waals surface area contributed by atoms with E-state index in [0.29, 0.717) is 24.3 Å². The summed E-state index contributed by atoms with van der Waals surface area (Å²) in [5.74, 6) is 2.26. The van der Waals surface area contributed by atoms with Crippen molar-refractivity contribution in [3.63, 3.8) is 0 Å². The number of thioether (sulfide) groups is 1. The fraction of sp³-hybridized carbons (Fsp3) is 0.875. The van der Waals surface area contributed by atoms with Crippen molar-refractivity contribution in [1.82, 2.24) is 16.0 Å². The van der Waals surface area contributed by atoms with Crippen LogP contribution in [0.1, 0.15) is 51.9 Å². The maximum atomic E-state index is 11.9. The van der Waals surface area contributed by atoms with Gasteiger partial charge >= 0.3 is 0 Å². The van der Waals surface area contributed by atoms with Crippen molar-refractivity contribution in [1.29, 1.82) is 0 Å². The number of carbonyl (C=O) groups is 1. The Balaban J connectivity index is 0.00000264. The third kappa shape index (κ3) is 8.47. The summed E-state index contributed by atoms with van der Waals surface area (Å²) in [5, 5.41) is 10.3. The number of rotatable bonds is 7. The minimum Gasteiger partial charge on any atom is -0.357 e. The molecule has 0 spiro atoms. The summed E-state index contributed by atoms with van der Waals surface area (Å²) in [6.07, 6.45) is 7.89. The van der Waals surface area contributed by atoms with E-state index < -0.39 is 0 Å². The van der Waals surface area contributed by atoms with Crippen molar-refractivity contribution in [2.45, 2.75) is 63.2 Å². The van der Waals surface area contributed by atoms with Crippen molar-refractivity contribution in [3.8, 4) is 0 Å². The van der Waals surface area contributed by atoms with Gasteiger partial charge in [-0.25, -0.2) is 0 Å². The molecule has 2 fully saturated rings. The van der Waals surface area contributed by atoms with Crippen LogP contribution >= 0.6 is 35.7 Å². The Morgan fingerprint density at radius 1 is 1.17 bits per heavy atom. The lowest BCUT2D eigenvalue weighted by Crippen LogP contribution is -2.40. The highest BCUT2D eigenvalue weighted by atomic mass is 127. The molecule has 0 radical (unpaired) electrons. The Hall–Kier alpha value is -0.180. The summed E-state index contributed by atoms with van der Waals surface area (Å²) in [6.45, 7) is 4.42. The number of halogens is 1. The monoisotopic (exact) mass is 454 g/mol. The van der Waals surface area contributed by atoms with Crippen molar-refractivity contribution < 1.29 is 4.79 Å². The molecule has 0 aromatic heterocycles. The van der Waals surface area contributed by atoms with Crippen LogP contribution in [-0.2, 0) is 4.79 Å². The SMILES string of the molecule is CCNC(=NCC1CCCS1)NCCC(=O)NC1CCCC1.I. The second kappa shape index (κ2) is 12.2. The maximum Gasteiger partial charge on any atom is 0.221 e. The van der Waals surface area contributed by atoms with Gasteiger partial charge in [0.15, 0.2) is 5.96 Å². The number of hydrogen-bond acceptors (Lipinski definition) is 3. The second-order valence-corrected chi connectivity index (χ2v) is 7.49. The summed E-state index contributed by atoms with van der Waals surface area (Å²) < 4.78 is 0. The topological polar surface area (TPSA) is 65.5 Å². The Morgan fingerprint density at radius 2 is 1.96 bits per heavy atom. The van der Waals surface area contributed by atoms with E-state index in [9.17, 15) is 4.79 Å². The fourth-order valence-electron chi connectivity index (χ4n) is 2.99. The first kappa shape index (κ1) is 20.9. The van der Waals surface area contributed by atoms with E-state index in [1.807, 2.05) is 11.8 Å². The minimum absolute atomic E-state index is 0. The predicted octanol–water partition coefficient (Wildman–Crippen LogP) is 2.50. The van der Waals surface area contributed by atoms with Gasteiger partial charge in [0.25, 0.3) is 0 Å². The zero-order chi connectivity index (χ0) is 15.6. The Kier molecular flexibility index (Phi) is 11.1. The molecule has 1 atom stereocenters. The number of nitrogens with one attached hydrogen (secondary N) is 3. The largest absolute Gasteiger partial charge is 0.357 e. The molecule has 1 saturated heterocycles. The van der Waals surface area contributed by atoms with E-state index in [0.717, 1.165) is 31.9 Å². The standard InChI is InChI=1S/C16H30N4OS.HI/c1-2-17-16(19-12-14-8-5-11-22-14)18-10-9-15(21)20-13-6-3-4-7-13;/h13-14H,2-12H2,1H3,(H,20,21)(H2,17,18,19);1H. The van der Waals surface area contributed by atoms with Gasteiger partial charge in [-0.15, -0.1) is 24.0 Å². The van der Waals surface area contributed by atoms with Crippen LogP contribution in [0.4, 0.5) is 0 Å². The molecule has 2 rings (SSSR count). The molecule has 0 aromatic carbocycles. The molecular formula is C16H31IN4OS. The molecule has 2 aliphatic rings. The molecule has 1 amide bonds. The predicted molar refractivity (Wildman–Crippen MR) is 110 cm³/mol. The summed E-state index contributed by atoms with van der Waals surface area (Å²) in [6, 6.07) is 0.411. The van der Waals surface area contributed by atoms with E-state index in [1.54, 1.807) is 0 Å². The Bertz CT molecular complexity index is 369. The molecule has 1 aliphatic carbocycles. The number of guanidine groups is 1. The van der Waals surface area contributed by atoms with E-state index >= 15 is 0 Å². The third-order valence-corrected chi connectivity index (χ3v) is 5.57. The van der Waals surface area contributed by atoms with Crippen LogP contribution in [0, 0.1) is 0 Å². The summed E-state index contributed by atoms with van der Waals surface area (Å²) in [4.78, 5) is 16.5. The van der Waals surface area contributed by atoms with Crippen molar-refractivity contribution >= 4 is 47.6 Å². The highest BCUT2D eigenvalue weighted by molar-refractivity contribution is 14.0. The molecule has 1 heterocycles. The lowest BCUT2D eigenvalue weighted by Gasteiger charge is -2.14. The van der Waals surface area contributed by atoms with Crippen LogP contribution < -0.4 is 16.0 Å². The number of hydrogen-bond donors (Lipinski definition) is 3. The quantitative estimate of drug-likeness (QED) is 0.314. The molecule has 3 N–H and O–H groups in total. The highest BCUT2D eigenvalue weighted by Crippen LogP contribution is 2.25. The van der Waals surface area contributed by atoms with Gasteiger partial charge in [-0.3, -0.25) is 9.79 Å². The van der Waals surface area contributed by atoms with Crippen LogP contribution in [0.15, 0.2) is 4.99 Å². The zero-order valence-electron chi connectivity index (χ0n) is 14.1. The van der Waals surface area contributed by atoms with Crippen molar-refractivity contribution in [3.05, 3.63) is 0 Å². The normalized spacial score (nSPS) is 21.8. The minimum atomic E-state index is 0. The first-order chi connectivity index (χ1) is 10.8. The van der Waals surface area contributed by atoms with Crippen molar-refractivity contribution in [2.24, 2.45) is 4.99 Å². The molecular weight excluding hydrogens is 423 g/mol. The van der Waals surface area contributed by atoms with Gasteiger partial charge in [-0.1, -0.05) is 12.8 Å². The van der Waals surface area contributed by atoms with Crippen LogP contribution in [0.25, 0.3) is 0 Å². The summed E-state index contributed by atoms with van der Waals surface area (Å²) >= 11 is 2.02. The van der Waals surface area contributed by atoms with Gasteiger partial charge in [-0.2, -0.15) is 11.8 Å².